The number of nitrogens with zero attached hydrogens (tertiary/aromatic N) is 1. The highest BCUT2D eigenvalue weighted by Crippen LogP contribution is 2.43. The summed E-state index contributed by atoms with van der Waals surface area (Å²) in [7, 11) is 0. The van der Waals surface area contributed by atoms with Crippen molar-refractivity contribution in [2.75, 3.05) is 16.0 Å². The Labute approximate surface area is 189 Å². The molecule has 2 aromatic carbocycles. The lowest BCUT2D eigenvalue weighted by Gasteiger charge is -2.26. The van der Waals surface area contributed by atoms with Crippen LogP contribution in [0, 0.1) is 5.92 Å². The van der Waals surface area contributed by atoms with E-state index >= 15 is 0 Å². The highest BCUT2D eigenvalue weighted by Gasteiger charge is 2.35. The predicted octanol–water partition coefficient (Wildman–Crippen LogP) is 6.33. The number of nitrogens with one attached hydrogen (secondary N) is 1. The number of carbonyl (C=O) groups excluding carboxylic acids is 2. The average molecular weight is 437 g/mol. The van der Waals surface area contributed by atoms with Crippen molar-refractivity contribution in [1.29, 1.82) is 0 Å². The average Bonchev–Trinajstić information content (AvgIpc) is 3.43. The molecule has 0 aromatic heterocycles. The van der Waals surface area contributed by atoms with E-state index in [0.29, 0.717) is 12.2 Å². The van der Waals surface area contributed by atoms with Crippen LogP contribution in [0.2, 0.25) is 0 Å². The number of hydrogen-bond acceptors (Lipinski definition) is 3. The fourth-order valence-electron chi connectivity index (χ4n) is 4.75. The van der Waals surface area contributed by atoms with Crippen molar-refractivity contribution in [2.45, 2.75) is 63.7 Å². The van der Waals surface area contributed by atoms with Crippen LogP contribution in [0.5, 0.6) is 0 Å². The number of benzene rings is 2. The van der Waals surface area contributed by atoms with Crippen molar-refractivity contribution in [3.63, 3.8) is 0 Å². The first kappa shape index (κ1) is 21.9. The number of thioether (sulfide) groups is 1. The van der Waals surface area contributed by atoms with Gasteiger partial charge in [-0.05, 0) is 48.1 Å². The van der Waals surface area contributed by atoms with E-state index in [9.17, 15) is 9.59 Å². The van der Waals surface area contributed by atoms with E-state index in [1.165, 1.54) is 31.2 Å². The summed E-state index contributed by atoms with van der Waals surface area (Å²) in [4.78, 5) is 27.0. The molecule has 1 saturated carbocycles. The highest BCUT2D eigenvalue weighted by atomic mass is 32.2. The summed E-state index contributed by atoms with van der Waals surface area (Å²) in [6, 6.07) is 16.2. The van der Waals surface area contributed by atoms with Gasteiger partial charge in [0.2, 0.25) is 11.8 Å². The van der Waals surface area contributed by atoms with Gasteiger partial charge in [0.25, 0.3) is 0 Å². The number of para-hydroxylation sites is 1. The molecule has 1 N–H and O–H groups in total. The van der Waals surface area contributed by atoms with Gasteiger partial charge in [0.1, 0.15) is 5.37 Å². The SMILES string of the molecule is CCCc1ccccc1N1C(=O)CS[C@@H]1c1ccc(NC(=O)CCC2CCCC2)cc1. The maximum atomic E-state index is 12.8. The molecule has 1 heterocycles. The summed E-state index contributed by atoms with van der Waals surface area (Å²) in [6.07, 6.45) is 8.79. The van der Waals surface area contributed by atoms with E-state index in [4.69, 9.17) is 0 Å². The van der Waals surface area contributed by atoms with Crippen LogP contribution in [-0.4, -0.2) is 17.6 Å². The zero-order valence-electron chi connectivity index (χ0n) is 18.3. The van der Waals surface area contributed by atoms with Crippen molar-refractivity contribution in [3.05, 3.63) is 59.7 Å². The fourth-order valence-corrected chi connectivity index (χ4v) is 5.92. The Kier molecular flexibility index (Phi) is 7.33. The van der Waals surface area contributed by atoms with E-state index in [-0.39, 0.29) is 17.2 Å². The molecule has 1 saturated heterocycles. The van der Waals surface area contributed by atoms with E-state index < -0.39 is 0 Å². The molecular formula is C26H32N2O2S. The number of aryl methyl sites for hydroxylation is 1. The lowest BCUT2D eigenvalue weighted by molar-refractivity contribution is -0.117. The van der Waals surface area contributed by atoms with Gasteiger partial charge in [0.15, 0.2) is 0 Å². The van der Waals surface area contributed by atoms with Crippen LogP contribution < -0.4 is 10.2 Å². The quantitative estimate of drug-likeness (QED) is 0.526. The molecule has 2 aromatic rings. The predicted molar refractivity (Wildman–Crippen MR) is 129 cm³/mol. The van der Waals surface area contributed by atoms with Crippen LogP contribution in [0.1, 0.15) is 68.4 Å². The molecule has 1 aliphatic carbocycles. The van der Waals surface area contributed by atoms with Crippen molar-refractivity contribution in [2.24, 2.45) is 5.92 Å². The summed E-state index contributed by atoms with van der Waals surface area (Å²) in [5.41, 5.74) is 4.16. The first-order valence-electron chi connectivity index (χ1n) is 11.6. The Bertz CT molecular complexity index is 906. The summed E-state index contributed by atoms with van der Waals surface area (Å²) in [6.45, 7) is 2.16. The van der Waals surface area contributed by atoms with Gasteiger partial charge in [-0.25, -0.2) is 0 Å². The molecule has 0 bridgehead atoms. The van der Waals surface area contributed by atoms with Crippen LogP contribution in [0.25, 0.3) is 0 Å². The van der Waals surface area contributed by atoms with Crippen LogP contribution in [0.15, 0.2) is 48.5 Å². The minimum Gasteiger partial charge on any atom is -0.326 e. The second-order valence-electron chi connectivity index (χ2n) is 8.67. The summed E-state index contributed by atoms with van der Waals surface area (Å²) >= 11 is 1.66. The van der Waals surface area contributed by atoms with E-state index in [2.05, 4.69) is 24.4 Å². The van der Waals surface area contributed by atoms with Gasteiger partial charge < -0.3 is 5.32 Å². The Balaban J connectivity index is 1.43. The molecule has 0 unspecified atom stereocenters. The number of anilines is 2. The maximum Gasteiger partial charge on any atom is 0.238 e. The lowest BCUT2D eigenvalue weighted by atomic mass is 10.0. The van der Waals surface area contributed by atoms with Gasteiger partial charge in [-0.15, -0.1) is 11.8 Å². The molecule has 164 valence electrons. The summed E-state index contributed by atoms with van der Waals surface area (Å²) < 4.78 is 0. The monoisotopic (exact) mass is 436 g/mol. The van der Waals surface area contributed by atoms with Gasteiger partial charge in [0.05, 0.1) is 5.75 Å². The van der Waals surface area contributed by atoms with Crippen molar-refractivity contribution >= 4 is 35.0 Å². The van der Waals surface area contributed by atoms with Crippen molar-refractivity contribution < 1.29 is 9.59 Å². The second kappa shape index (κ2) is 10.4. The Morgan fingerprint density at radius 3 is 2.58 bits per heavy atom. The molecule has 1 aliphatic heterocycles. The Morgan fingerprint density at radius 2 is 1.84 bits per heavy atom. The third-order valence-corrected chi connectivity index (χ3v) is 7.58. The standard InChI is InChI=1S/C26H32N2O2S/c1-2-7-20-10-5-6-11-23(20)28-25(30)18-31-26(28)21-13-15-22(16-14-21)27-24(29)17-12-19-8-3-4-9-19/h5-6,10-11,13-16,19,26H,2-4,7-9,12,17-18H2,1H3,(H,27,29)/t26-/m1/s1. The molecule has 31 heavy (non-hydrogen) atoms. The number of hydrogen-bond donors (Lipinski definition) is 1. The number of rotatable bonds is 8. The third-order valence-electron chi connectivity index (χ3n) is 6.37. The van der Waals surface area contributed by atoms with Crippen LogP contribution in [0.4, 0.5) is 11.4 Å². The van der Waals surface area contributed by atoms with Gasteiger partial charge in [-0.3, -0.25) is 14.5 Å². The molecular weight excluding hydrogens is 404 g/mol. The topological polar surface area (TPSA) is 49.4 Å². The molecule has 0 spiro atoms. The molecule has 5 heteroatoms. The first-order valence-corrected chi connectivity index (χ1v) is 12.6. The number of carbonyl (C=O) groups is 2. The minimum atomic E-state index is -0.0300. The highest BCUT2D eigenvalue weighted by molar-refractivity contribution is 8.00. The molecule has 2 aliphatic rings. The molecule has 4 nitrogen and oxygen atoms in total. The Morgan fingerprint density at radius 1 is 1.10 bits per heavy atom. The van der Waals surface area contributed by atoms with Crippen LogP contribution in [-0.2, 0) is 16.0 Å². The molecule has 1 atom stereocenters. The van der Waals surface area contributed by atoms with Crippen LogP contribution in [0.3, 0.4) is 0 Å². The van der Waals surface area contributed by atoms with Gasteiger partial charge >= 0.3 is 0 Å². The van der Waals surface area contributed by atoms with Crippen molar-refractivity contribution in [1.82, 2.24) is 0 Å². The maximum absolute atomic E-state index is 12.8. The summed E-state index contributed by atoms with van der Waals surface area (Å²) in [5, 5.41) is 3.00. The second-order valence-corrected chi connectivity index (χ2v) is 9.73. The minimum absolute atomic E-state index is 0.0300. The first-order chi connectivity index (χ1) is 15.2. The van der Waals surface area contributed by atoms with Crippen molar-refractivity contribution in [3.8, 4) is 0 Å². The normalized spacial score (nSPS) is 19.2. The van der Waals surface area contributed by atoms with Crippen LogP contribution >= 0.6 is 11.8 Å². The zero-order chi connectivity index (χ0) is 21.6. The van der Waals surface area contributed by atoms with E-state index in [0.717, 1.165) is 42.1 Å². The molecule has 2 amide bonds. The molecule has 2 fully saturated rings. The van der Waals surface area contributed by atoms with E-state index in [1.54, 1.807) is 11.8 Å². The molecule has 0 radical (unpaired) electrons. The Hall–Kier alpha value is -2.27. The van der Waals surface area contributed by atoms with Gasteiger partial charge in [0, 0.05) is 17.8 Å². The summed E-state index contributed by atoms with van der Waals surface area (Å²) in [5.74, 6) is 1.47. The largest absolute Gasteiger partial charge is 0.326 e. The lowest BCUT2D eigenvalue weighted by Crippen LogP contribution is -2.28. The fraction of sp³-hybridized carbons (Fsp3) is 0.462. The van der Waals surface area contributed by atoms with E-state index in [1.807, 2.05) is 41.3 Å². The smallest absolute Gasteiger partial charge is 0.238 e. The molecule has 4 rings (SSSR count). The third kappa shape index (κ3) is 5.32. The number of amides is 2. The zero-order valence-corrected chi connectivity index (χ0v) is 19.1. The van der Waals surface area contributed by atoms with Gasteiger partial charge in [-0.1, -0.05) is 69.4 Å². The van der Waals surface area contributed by atoms with Gasteiger partial charge in [-0.2, -0.15) is 0 Å².